The summed E-state index contributed by atoms with van der Waals surface area (Å²) in [5.41, 5.74) is 0. The molecule has 3 N–H and O–H groups in total. The fraction of sp³-hybridized carbons (Fsp3) is 0.935. The van der Waals surface area contributed by atoms with Gasteiger partial charge < -0.3 is 33.8 Å². The van der Waals surface area contributed by atoms with E-state index >= 15 is 0 Å². The van der Waals surface area contributed by atoms with Gasteiger partial charge in [-0.3, -0.25) is 37.3 Å². The molecule has 19 heteroatoms. The van der Waals surface area contributed by atoms with Gasteiger partial charge in [-0.25, -0.2) is 9.13 Å². The van der Waals surface area contributed by atoms with E-state index in [1.807, 2.05) is 0 Å². The van der Waals surface area contributed by atoms with Crippen molar-refractivity contribution in [1.82, 2.24) is 0 Å². The van der Waals surface area contributed by atoms with E-state index in [-0.39, 0.29) is 25.7 Å². The van der Waals surface area contributed by atoms with E-state index in [2.05, 4.69) is 34.6 Å². The van der Waals surface area contributed by atoms with E-state index in [9.17, 15) is 43.2 Å². The molecule has 0 bridgehead atoms. The Hall–Kier alpha value is -1.94. The normalized spacial score (nSPS) is 14.3. The largest absolute Gasteiger partial charge is 0.472 e. The van der Waals surface area contributed by atoms with Gasteiger partial charge in [0.25, 0.3) is 0 Å². The summed E-state index contributed by atoms with van der Waals surface area (Å²) in [7, 11) is -9.87. The summed E-state index contributed by atoms with van der Waals surface area (Å²) in [6.45, 7) is 7.10. The number of unbranched alkanes of at least 4 members (excludes halogenated alkanes) is 34. The fourth-order valence-corrected chi connectivity index (χ4v) is 10.8. The highest BCUT2D eigenvalue weighted by molar-refractivity contribution is 7.47. The zero-order chi connectivity index (χ0) is 59.9. The zero-order valence-electron chi connectivity index (χ0n) is 51.9. The molecule has 2 unspecified atom stereocenters. The first kappa shape index (κ1) is 79.1. The van der Waals surface area contributed by atoms with Gasteiger partial charge in [0, 0.05) is 25.7 Å². The van der Waals surface area contributed by atoms with Gasteiger partial charge >= 0.3 is 39.5 Å². The summed E-state index contributed by atoms with van der Waals surface area (Å²) in [6.07, 6.45) is 39.3. The zero-order valence-corrected chi connectivity index (χ0v) is 53.7. The number of hydrogen-bond acceptors (Lipinski definition) is 15. The van der Waals surface area contributed by atoms with Crippen LogP contribution in [0.15, 0.2) is 0 Å². The second kappa shape index (κ2) is 55.9. The maximum atomic E-state index is 12.9. The topological polar surface area (TPSA) is 237 Å². The standard InChI is InChI=1S/C62H120O17P2/c1-6-9-12-15-18-32-36-41-46-60(65)73-52-58(79-62(67)48-43-38-33-28-26-24-22-20-19-21-23-25-27-31-34-39-44-55(4)5)54-77-81(70,71)75-50-56(63)49-74-80(68,69)76-53-57(78-61(66)47-42-37-30-17-14-11-8-3)51-72-59(64)45-40-35-29-16-13-10-7-2/h55-58,63H,6-54H2,1-5H3,(H,68,69)(H,70,71)/t56-,57+,58+/m0/s1. The minimum atomic E-state index is -4.94. The van der Waals surface area contributed by atoms with Crippen LogP contribution in [0.5, 0.6) is 0 Å². The molecule has 0 saturated heterocycles. The minimum absolute atomic E-state index is 0.103. The van der Waals surface area contributed by atoms with E-state index in [4.69, 9.17) is 37.0 Å². The van der Waals surface area contributed by atoms with Gasteiger partial charge in [-0.1, -0.05) is 259 Å². The quantitative estimate of drug-likeness (QED) is 0.0222. The molecule has 0 radical (unpaired) electrons. The Morgan fingerprint density at radius 1 is 0.333 bits per heavy atom. The Balaban J connectivity index is 5.08. The Morgan fingerprint density at radius 2 is 0.568 bits per heavy atom. The number of aliphatic hydroxyl groups excluding tert-OH is 1. The van der Waals surface area contributed by atoms with Gasteiger partial charge in [0.15, 0.2) is 12.2 Å². The lowest BCUT2D eigenvalue weighted by molar-refractivity contribution is -0.161. The molecule has 0 amide bonds. The van der Waals surface area contributed by atoms with E-state index in [0.717, 1.165) is 128 Å². The number of phosphoric ester groups is 2. The lowest BCUT2D eigenvalue weighted by atomic mass is 10.0. The third-order valence-electron chi connectivity index (χ3n) is 14.3. The Morgan fingerprint density at radius 3 is 0.840 bits per heavy atom. The number of hydrogen-bond donors (Lipinski definition) is 3. The number of aliphatic hydroxyl groups is 1. The van der Waals surface area contributed by atoms with Crippen molar-refractivity contribution in [3.05, 3.63) is 0 Å². The van der Waals surface area contributed by atoms with Crippen LogP contribution in [0.25, 0.3) is 0 Å². The average Bonchev–Trinajstić information content (AvgIpc) is 3.43. The Bertz CT molecular complexity index is 1580. The highest BCUT2D eigenvalue weighted by Crippen LogP contribution is 2.45. The van der Waals surface area contributed by atoms with Crippen LogP contribution in [0.4, 0.5) is 0 Å². The van der Waals surface area contributed by atoms with Gasteiger partial charge in [0.2, 0.25) is 0 Å². The first-order valence-electron chi connectivity index (χ1n) is 32.6. The molecule has 0 aliphatic carbocycles. The maximum absolute atomic E-state index is 12.9. The molecule has 5 atom stereocenters. The second-order valence-corrected chi connectivity index (χ2v) is 25.8. The molecule has 0 aromatic carbocycles. The average molecular weight is 1200 g/mol. The Kier molecular flexibility index (Phi) is 54.6. The molecule has 81 heavy (non-hydrogen) atoms. The highest BCUT2D eigenvalue weighted by atomic mass is 31.2. The van der Waals surface area contributed by atoms with E-state index in [1.54, 1.807) is 0 Å². The molecule has 480 valence electrons. The van der Waals surface area contributed by atoms with Crippen LogP contribution in [-0.4, -0.2) is 96.7 Å². The molecule has 0 aromatic rings. The third kappa shape index (κ3) is 56.9. The third-order valence-corrected chi connectivity index (χ3v) is 16.2. The minimum Gasteiger partial charge on any atom is -0.462 e. The van der Waals surface area contributed by atoms with Crippen molar-refractivity contribution in [1.29, 1.82) is 0 Å². The van der Waals surface area contributed by atoms with Crippen molar-refractivity contribution in [3.8, 4) is 0 Å². The van der Waals surface area contributed by atoms with E-state index < -0.39 is 97.5 Å². The molecule has 0 aromatic heterocycles. The van der Waals surface area contributed by atoms with Crippen LogP contribution in [0.1, 0.15) is 311 Å². The number of ether oxygens (including phenoxy) is 4. The molecule has 0 aliphatic heterocycles. The van der Waals surface area contributed by atoms with Crippen LogP contribution in [0, 0.1) is 5.92 Å². The maximum Gasteiger partial charge on any atom is 0.472 e. The lowest BCUT2D eigenvalue weighted by Crippen LogP contribution is -2.30. The summed E-state index contributed by atoms with van der Waals surface area (Å²) in [4.78, 5) is 71.8. The molecular weight excluding hydrogens is 1080 g/mol. The highest BCUT2D eigenvalue weighted by Gasteiger charge is 2.30. The van der Waals surface area contributed by atoms with Gasteiger partial charge in [-0.2, -0.15) is 0 Å². The molecule has 0 heterocycles. The number of carbonyl (C=O) groups excluding carboxylic acids is 4. The van der Waals surface area contributed by atoms with Crippen LogP contribution in [0.2, 0.25) is 0 Å². The van der Waals surface area contributed by atoms with Gasteiger partial charge in [-0.05, 0) is 31.6 Å². The van der Waals surface area contributed by atoms with E-state index in [1.165, 1.54) is 103 Å². The number of carbonyl (C=O) groups is 4. The molecule has 0 saturated carbocycles. The van der Waals surface area contributed by atoms with Crippen LogP contribution < -0.4 is 0 Å². The molecule has 0 aliphatic rings. The first-order chi connectivity index (χ1) is 39.0. The summed E-state index contributed by atoms with van der Waals surface area (Å²) < 4.78 is 67.6. The van der Waals surface area contributed by atoms with Gasteiger partial charge in [-0.15, -0.1) is 0 Å². The monoisotopic (exact) mass is 1200 g/mol. The second-order valence-electron chi connectivity index (χ2n) is 22.9. The molecule has 0 fully saturated rings. The van der Waals surface area contributed by atoms with Crippen molar-refractivity contribution in [3.63, 3.8) is 0 Å². The summed E-state index contributed by atoms with van der Waals surface area (Å²) >= 11 is 0. The smallest absolute Gasteiger partial charge is 0.462 e. The van der Waals surface area contributed by atoms with Gasteiger partial charge in [0.05, 0.1) is 26.4 Å². The molecular formula is C62H120O17P2. The van der Waals surface area contributed by atoms with Crippen molar-refractivity contribution in [2.45, 2.75) is 329 Å². The van der Waals surface area contributed by atoms with Crippen molar-refractivity contribution >= 4 is 39.5 Å². The molecule has 0 rings (SSSR count). The summed E-state index contributed by atoms with van der Waals surface area (Å²) in [5.74, 6) is -1.34. The van der Waals surface area contributed by atoms with Crippen molar-refractivity contribution in [2.75, 3.05) is 39.6 Å². The van der Waals surface area contributed by atoms with Crippen molar-refractivity contribution in [2.24, 2.45) is 5.92 Å². The predicted molar refractivity (Wildman–Crippen MR) is 322 cm³/mol. The number of esters is 4. The van der Waals surface area contributed by atoms with Crippen LogP contribution in [0.3, 0.4) is 0 Å². The number of phosphoric acid groups is 2. The first-order valence-corrected chi connectivity index (χ1v) is 35.6. The SMILES string of the molecule is CCCCCCCCCCC(=O)OC[C@H](COP(=O)(O)OC[C@@H](O)COP(=O)(O)OC[C@@H](COC(=O)CCCCCCCCC)OC(=O)CCCCCCCCC)OC(=O)CCCCCCCCCCCCCCCCCCC(C)C. The fourth-order valence-electron chi connectivity index (χ4n) is 9.23. The number of rotatable bonds is 62. The van der Waals surface area contributed by atoms with Crippen LogP contribution >= 0.6 is 15.6 Å². The predicted octanol–water partition coefficient (Wildman–Crippen LogP) is 17.0. The van der Waals surface area contributed by atoms with Crippen molar-refractivity contribution < 1.29 is 80.2 Å². The molecule has 17 nitrogen and oxygen atoms in total. The lowest BCUT2D eigenvalue weighted by Gasteiger charge is -2.21. The van der Waals surface area contributed by atoms with Crippen LogP contribution in [-0.2, 0) is 65.4 Å². The summed E-state index contributed by atoms with van der Waals surface area (Å²) in [6, 6.07) is 0. The summed E-state index contributed by atoms with van der Waals surface area (Å²) in [5, 5.41) is 10.5. The Labute approximate surface area is 492 Å². The van der Waals surface area contributed by atoms with Gasteiger partial charge in [0.1, 0.15) is 19.3 Å². The van der Waals surface area contributed by atoms with E-state index in [0.29, 0.717) is 25.7 Å². The molecule has 0 spiro atoms.